The van der Waals surface area contributed by atoms with Crippen LogP contribution in [0.5, 0.6) is 0 Å². The fourth-order valence-corrected chi connectivity index (χ4v) is 1.29. The number of hydrogen-bond donors (Lipinski definition) is 1. The normalized spacial score (nSPS) is 12.5. The molecule has 5 nitrogen and oxygen atoms in total. The van der Waals surface area contributed by atoms with Crippen LogP contribution in [0.4, 0.5) is 0 Å². The first kappa shape index (κ1) is 11.7. The predicted molar refractivity (Wildman–Crippen MR) is 56.2 cm³/mol. The summed E-state index contributed by atoms with van der Waals surface area (Å²) in [5.41, 5.74) is 5.66. The van der Waals surface area contributed by atoms with Crippen LogP contribution in [0.1, 0.15) is 19.2 Å². The fourth-order valence-electron chi connectivity index (χ4n) is 1.29. The van der Waals surface area contributed by atoms with Gasteiger partial charge in [-0.1, -0.05) is 0 Å². The lowest BCUT2D eigenvalue weighted by molar-refractivity contribution is -0.144. The van der Waals surface area contributed by atoms with E-state index in [1.165, 1.54) is 0 Å². The summed E-state index contributed by atoms with van der Waals surface area (Å²) in [5.74, 6) is 0.585. The third-order valence-electron chi connectivity index (χ3n) is 2.19. The summed E-state index contributed by atoms with van der Waals surface area (Å²) in [6.07, 6.45) is 4.16. The number of carbonyl (C=O) groups is 1. The highest BCUT2D eigenvalue weighted by Gasteiger charge is 2.14. The standard InChI is InChI=1S/C10H17N3O2/c1-3-15-10(14)9(11)4-6-13-7-5-12-8(13)2/h5,7,9H,3-4,6,11H2,1-2H3. The highest BCUT2D eigenvalue weighted by Crippen LogP contribution is 2.00. The van der Waals surface area contributed by atoms with Crippen LogP contribution >= 0.6 is 0 Å². The van der Waals surface area contributed by atoms with Gasteiger partial charge >= 0.3 is 5.97 Å². The monoisotopic (exact) mass is 211 g/mol. The van der Waals surface area contributed by atoms with Gasteiger partial charge in [-0.25, -0.2) is 4.98 Å². The Labute approximate surface area is 89.2 Å². The maximum absolute atomic E-state index is 11.2. The number of ether oxygens (including phenoxy) is 1. The molecular formula is C10H17N3O2. The molecule has 0 radical (unpaired) electrons. The number of carbonyl (C=O) groups excluding carboxylic acids is 1. The van der Waals surface area contributed by atoms with Crippen LogP contribution in [-0.4, -0.2) is 28.2 Å². The van der Waals surface area contributed by atoms with Crippen LogP contribution in [0.15, 0.2) is 12.4 Å². The Hall–Kier alpha value is -1.36. The van der Waals surface area contributed by atoms with E-state index in [1.807, 2.05) is 17.7 Å². The third kappa shape index (κ3) is 3.36. The SMILES string of the molecule is CCOC(=O)C(N)CCn1ccnc1C. The molecule has 0 amide bonds. The number of hydrogen-bond acceptors (Lipinski definition) is 4. The number of nitrogens with zero attached hydrogens (tertiary/aromatic N) is 2. The molecule has 0 aliphatic carbocycles. The van der Waals surface area contributed by atoms with Gasteiger partial charge in [0.2, 0.25) is 0 Å². The van der Waals surface area contributed by atoms with Crippen molar-refractivity contribution in [2.45, 2.75) is 32.9 Å². The van der Waals surface area contributed by atoms with Gasteiger partial charge in [-0.2, -0.15) is 0 Å². The van der Waals surface area contributed by atoms with E-state index in [0.29, 0.717) is 19.6 Å². The maximum Gasteiger partial charge on any atom is 0.322 e. The van der Waals surface area contributed by atoms with Crippen molar-refractivity contribution < 1.29 is 9.53 Å². The van der Waals surface area contributed by atoms with Gasteiger partial charge in [-0.3, -0.25) is 4.79 Å². The average Bonchev–Trinajstić information content (AvgIpc) is 2.61. The van der Waals surface area contributed by atoms with Crippen LogP contribution in [0.3, 0.4) is 0 Å². The summed E-state index contributed by atoms with van der Waals surface area (Å²) >= 11 is 0. The Kier molecular flexibility index (Phi) is 4.30. The van der Waals surface area contributed by atoms with Crippen molar-refractivity contribution in [3.63, 3.8) is 0 Å². The van der Waals surface area contributed by atoms with Crippen LogP contribution < -0.4 is 5.73 Å². The van der Waals surface area contributed by atoms with Gasteiger partial charge < -0.3 is 15.0 Å². The van der Waals surface area contributed by atoms with Crippen molar-refractivity contribution in [1.29, 1.82) is 0 Å². The minimum Gasteiger partial charge on any atom is -0.465 e. The second-order valence-corrected chi connectivity index (χ2v) is 3.32. The minimum atomic E-state index is -0.549. The molecule has 1 unspecified atom stereocenters. The summed E-state index contributed by atoms with van der Waals surface area (Å²) in [5, 5.41) is 0. The Bertz CT molecular complexity index is 322. The van der Waals surface area contributed by atoms with Crippen molar-refractivity contribution in [2.24, 2.45) is 5.73 Å². The molecule has 1 aromatic rings. The molecule has 0 saturated heterocycles. The summed E-state index contributed by atoms with van der Waals surface area (Å²) < 4.78 is 6.77. The smallest absolute Gasteiger partial charge is 0.322 e. The lowest BCUT2D eigenvalue weighted by Gasteiger charge is -2.11. The molecule has 1 aromatic heterocycles. The summed E-state index contributed by atoms with van der Waals surface area (Å²) in [4.78, 5) is 15.3. The zero-order chi connectivity index (χ0) is 11.3. The second kappa shape index (κ2) is 5.50. The molecule has 84 valence electrons. The van der Waals surface area contributed by atoms with Crippen LogP contribution in [0, 0.1) is 6.92 Å². The minimum absolute atomic E-state index is 0.338. The van der Waals surface area contributed by atoms with Gasteiger partial charge in [-0.05, 0) is 20.3 Å². The molecule has 1 rings (SSSR count). The predicted octanol–water partition coefficient (Wildman–Crippen LogP) is 0.472. The van der Waals surface area contributed by atoms with Crippen LogP contribution in [0.2, 0.25) is 0 Å². The summed E-state index contributed by atoms with van der Waals surface area (Å²) in [6.45, 7) is 4.74. The highest BCUT2D eigenvalue weighted by molar-refractivity contribution is 5.75. The second-order valence-electron chi connectivity index (χ2n) is 3.32. The molecule has 5 heteroatoms. The van der Waals surface area contributed by atoms with Crippen molar-refractivity contribution in [3.05, 3.63) is 18.2 Å². The molecule has 0 saturated carbocycles. The molecule has 2 N–H and O–H groups in total. The summed E-state index contributed by atoms with van der Waals surface area (Å²) in [6, 6.07) is -0.549. The Morgan fingerprint density at radius 2 is 2.47 bits per heavy atom. The number of imidazole rings is 1. The molecule has 0 aliphatic heterocycles. The van der Waals surface area contributed by atoms with E-state index >= 15 is 0 Å². The molecule has 1 atom stereocenters. The average molecular weight is 211 g/mol. The molecule has 0 aliphatic rings. The van der Waals surface area contributed by atoms with E-state index in [-0.39, 0.29) is 5.97 Å². The van der Waals surface area contributed by atoms with E-state index in [9.17, 15) is 4.79 Å². The third-order valence-corrected chi connectivity index (χ3v) is 2.19. The molecule has 15 heavy (non-hydrogen) atoms. The molecule has 0 fully saturated rings. The number of aromatic nitrogens is 2. The van der Waals surface area contributed by atoms with Gasteiger partial charge in [-0.15, -0.1) is 0 Å². The van der Waals surface area contributed by atoms with E-state index in [1.54, 1.807) is 13.1 Å². The zero-order valence-electron chi connectivity index (χ0n) is 9.14. The first-order valence-electron chi connectivity index (χ1n) is 5.05. The number of esters is 1. The lowest BCUT2D eigenvalue weighted by atomic mass is 10.2. The van der Waals surface area contributed by atoms with Gasteiger partial charge in [0, 0.05) is 18.9 Å². The number of rotatable bonds is 5. The zero-order valence-corrected chi connectivity index (χ0v) is 9.14. The quantitative estimate of drug-likeness (QED) is 0.719. The Morgan fingerprint density at radius 3 is 3.00 bits per heavy atom. The highest BCUT2D eigenvalue weighted by atomic mass is 16.5. The van der Waals surface area contributed by atoms with Gasteiger partial charge in [0.25, 0.3) is 0 Å². The first-order chi connectivity index (χ1) is 7.15. The summed E-state index contributed by atoms with van der Waals surface area (Å²) in [7, 11) is 0. The van der Waals surface area contributed by atoms with E-state index < -0.39 is 6.04 Å². The maximum atomic E-state index is 11.2. The largest absolute Gasteiger partial charge is 0.465 e. The molecule has 1 heterocycles. The molecule has 0 bridgehead atoms. The van der Waals surface area contributed by atoms with Crippen molar-refractivity contribution >= 4 is 5.97 Å². The van der Waals surface area contributed by atoms with Gasteiger partial charge in [0.15, 0.2) is 0 Å². The van der Waals surface area contributed by atoms with E-state index in [2.05, 4.69) is 4.98 Å². The van der Waals surface area contributed by atoms with E-state index in [0.717, 1.165) is 5.82 Å². The van der Waals surface area contributed by atoms with Gasteiger partial charge in [0.05, 0.1) is 6.61 Å². The van der Waals surface area contributed by atoms with Crippen LogP contribution in [0.25, 0.3) is 0 Å². The Balaban J connectivity index is 2.37. The lowest BCUT2D eigenvalue weighted by Crippen LogP contribution is -2.33. The van der Waals surface area contributed by atoms with E-state index in [4.69, 9.17) is 10.5 Å². The fraction of sp³-hybridized carbons (Fsp3) is 0.600. The van der Waals surface area contributed by atoms with Crippen molar-refractivity contribution in [1.82, 2.24) is 9.55 Å². The Morgan fingerprint density at radius 1 is 1.73 bits per heavy atom. The molecule has 0 spiro atoms. The topological polar surface area (TPSA) is 70.1 Å². The molecular weight excluding hydrogens is 194 g/mol. The first-order valence-corrected chi connectivity index (χ1v) is 5.05. The van der Waals surface area contributed by atoms with Gasteiger partial charge in [0.1, 0.15) is 11.9 Å². The number of nitrogens with two attached hydrogens (primary N) is 1. The molecule has 0 aromatic carbocycles. The van der Waals surface area contributed by atoms with Crippen molar-refractivity contribution in [3.8, 4) is 0 Å². The van der Waals surface area contributed by atoms with Crippen LogP contribution in [-0.2, 0) is 16.1 Å². The van der Waals surface area contributed by atoms with Crippen molar-refractivity contribution in [2.75, 3.05) is 6.61 Å². The number of aryl methyl sites for hydroxylation is 2.